The third-order valence-electron chi connectivity index (χ3n) is 2.57. The molecule has 2 atom stereocenters. The summed E-state index contributed by atoms with van der Waals surface area (Å²) in [6, 6.07) is 0. The molecule has 0 N–H and O–H groups in total. The van der Waals surface area contributed by atoms with E-state index in [0.29, 0.717) is 5.92 Å². The number of allylic oxidation sites excluding steroid dienone is 2. The van der Waals surface area contributed by atoms with E-state index >= 15 is 0 Å². The molecule has 1 heteroatoms. The lowest BCUT2D eigenvalue weighted by atomic mass is 9.97. The highest BCUT2D eigenvalue weighted by molar-refractivity contribution is 5.64. The maximum Gasteiger partial charge on any atom is 0.142 e. The number of carbonyl (C=O) groups excluding carboxylic acids is 1. The summed E-state index contributed by atoms with van der Waals surface area (Å²) in [6.45, 7) is 6.70. The van der Waals surface area contributed by atoms with Crippen molar-refractivity contribution < 1.29 is 4.79 Å². The highest BCUT2D eigenvalue weighted by Crippen LogP contribution is 2.15. The van der Waals surface area contributed by atoms with Gasteiger partial charge in [0.15, 0.2) is 0 Å². The number of aldehydes is 1. The summed E-state index contributed by atoms with van der Waals surface area (Å²) in [5.41, 5.74) is 0. The van der Waals surface area contributed by atoms with Crippen LogP contribution in [0.4, 0.5) is 0 Å². The fourth-order valence-corrected chi connectivity index (χ4v) is 1.32. The number of carbonyl (C=O) groups is 1. The molecule has 0 rings (SSSR count). The molecule has 0 aliphatic carbocycles. The minimum absolute atomic E-state index is 0.550. The summed E-state index contributed by atoms with van der Waals surface area (Å²) in [5, 5.41) is 0. The Hall–Kier alpha value is -0.590. The van der Waals surface area contributed by atoms with E-state index in [1.807, 2.05) is 6.08 Å². The van der Waals surface area contributed by atoms with Crippen LogP contribution in [0.1, 0.15) is 46.5 Å². The van der Waals surface area contributed by atoms with Crippen LogP contribution in [0.15, 0.2) is 12.2 Å². The SMILES string of the molecule is CC[C@@H](C)CCC[C@@H](C)C=CC=O. The van der Waals surface area contributed by atoms with Crippen molar-refractivity contribution in [1.29, 1.82) is 0 Å². The molecule has 1 nitrogen and oxygen atoms in total. The minimum Gasteiger partial charge on any atom is -0.299 e. The Morgan fingerprint density at radius 1 is 1.23 bits per heavy atom. The van der Waals surface area contributed by atoms with Crippen LogP contribution < -0.4 is 0 Å². The molecular weight excluding hydrogens is 160 g/mol. The average Bonchev–Trinajstić information content (AvgIpc) is 2.14. The number of hydrogen-bond donors (Lipinski definition) is 0. The third kappa shape index (κ3) is 7.76. The molecule has 0 aromatic rings. The first-order valence-corrected chi connectivity index (χ1v) is 5.32. The van der Waals surface area contributed by atoms with Gasteiger partial charge in [0.25, 0.3) is 0 Å². The molecule has 0 aliphatic heterocycles. The van der Waals surface area contributed by atoms with E-state index in [9.17, 15) is 4.79 Å². The fraction of sp³-hybridized carbons (Fsp3) is 0.750. The normalized spacial score (nSPS) is 15.9. The van der Waals surface area contributed by atoms with E-state index in [-0.39, 0.29) is 0 Å². The summed E-state index contributed by atoms with van der Waals surface area (Å²) in [5.74, 6) is 1.40. The molecule has 76 valence electrons. The lowest BCUT2D eigenvalue weighted by Gasteiger charge is -2.09. The Morgan fingerprint density at radius 3 is 2.46 bits per heavy atom. The second-order valence-electron chi connectivity index (χ2n) is 3.94. The first-order valence-electron chi connectivity index (χ1n) is 5.32. The molecule has 0 spiro atoms. The Labute approximate surface area is 82.2 Å². The molecule has 0 saturated carbocycles. The molecule has 0 bridgehead atoms. The molecule has 0 aromatic heterocycles. The molecule has 0 heterocycles. The molecule has 0 unspecified atom stereocenters. The van der Waals surface area contributed by atoms with E-state index in [2.05, 4.69) is 20.8 Å². The van der Waals surface area contributed by atoms with Gasteiger partial charge in [-0.2, -0.15) is 0 Å². The van der Waals surface area contributed by atoms with Crippen LogP contribution in [0, 0.1) is 11.8 Å². The van der Waals surface area contributed by atoms with E-state index in [0.717, 1.165) is 12.2 Å². The summed E-state index contributed by atoms with van der Waals surface area (Å²) < 4.78 is 0. The lowest BCUT2D eigenvalue weighted by Crippen LogP contribution is -1.95. The van der Waals surface area contributed by atoms with Crippen molar-refractivity contribution in [1.82, 2.24) is 0 Å². The highest BCUT2D eigenvalue weighted by atomic mass is 16.1. The van der Waals surface area contributed by atoms with Crippen LogP contribution in [0.25, 0.3) is 0 Å². The first kappa shape index (κ1) is 12.4. The zero-order valence-corrected chi connectivity index (χ0v) is 9.12. The van der Waals surface area contributed by atoms with Gasteiger partial charge >= 0.3 is 0 Å². The molecule has 0 amide bonds. The van der Waals surface area contributed by atoms with Gasteiger partial charge in [0.1, 0.15) is 6.29 Å². The second kappa shape index (κ2) is 8.03. The summed E-state index contributed by atoms with van der Waals surface area (Å²) in [7, 11) is 0. The molecule has 0 radical (unpaired) electrons. The molecule has 0 aromatic carbocycles. The number of hydrogen-bond acceptors (Lipinski definition) is 1. The Kier molecular flexibility index (Phi) is 7.66. The van der Waals surface area contributed by atoms with Crippen LogP contribution in [-0.4, -0.2) is 6.29 Å². The van der Waals surface area contributed by atoms with Crippen molar-refractivity contribution in [3.05, 3.63) is 12.2 Å². The van der Waals surface area contributed by atoms with E-state index in [1.54, 1.807) is 6.08 Å². The smallest absolute Gasteiger partial charge is 0.142 e. The van der Waals surface area contributed by atoms with Crippen molar-refractivity contribution in [3.8, 4) is 0 Å². The molecule has 0 saturated heterocycles. The largest absolute Gasteiger partial charge is 0.299 e. The zero-order chi connectivity index (χ0) is 10.1. The monoisotopic (exact) mass is 182 g/mol. The van der Waals surface area contributed by atoms with Gasteiger partial charge in [-0.15, -0.1) is 0 Å². The summed E-state index contributed by atoms with van der Waals surface area (Å²) in [4.78, 5) is 10.1. The van der Waals surface area contributed by atoms with Gasteiger partial charge in [-0.1, -0.05) is 46.1 Å². The van der Waals surface area contributed by atoms with Crippen LogP contribution >= 0.6 is 0 Å². The van der Waals surface area contributed by atoms with Crippen LogP contribution in [0.3, 0.4) is 0 Å². The topological polar surface area (TPSA) is 17.1 Å². The van der Waals surface area contributed by atoms with Crippen molar-refractivity contribution in [2.24, 2.45) is 11.8 Å². The summed E-state index contributed by atoms with van der Waals surface area (Å²) in [6.07, 6.45) is 9.52. The van der Waals surface area contributed by atoms with E-state index in [4.69, 9.17) is 0 Å². The highest BCUT2D eigenvalue weighted by Gasteiger charge is 2.00. The first-order chi connectivity index (χ1) is 6.20. The maximum atomic E-state index is 10.1. The third-order valence-corrected chi connectivity index (χ3v) is 2.57. The van der Waals surface area contributed by atoms with Crippen LogP contribution in [0.2, 0.25) is 0 Å². The molecule has 0 fully saturated rings. The average molecular weight is 182 g/mol. The lowest BCUT2D eigenvalue weighted by molar-refractivity contribution is -0.104. The van der Waals surface area contributed by atoms with E-state index in [1.165, 1.54) is 25.7 Å². The zero-order valence-electron chi connectivity index (χ0n) is 9.12. The number of rotatable bonds is 7. The summed E-state index contributed by atoms with van der Waals surface area (Å²) >= 11 is 0. The molecular formula is C12H22O. The second-order valence-corrected chi connectivity index (χ2v) is 3.94. The molecule has 13 heavy (non-hydrogen) atoms. The Morgan fingerprint density at radius 2 is 1.92 bits per heavy atom. The standard InChI is InChI=1S/C12H22O/c1-4-11(2)7-5-8-12(3)9-6-10-13/h6,9-12H,4-5,7-8H2,1-3H3/t11-,12-/m1/s1. The minimum atomic E-state index is 0.550. The van der Waals surface area contributed by atoms with Gasteiger partial charge in [0.05, 0.1) is 0 Å². The van der Waals surface area contributed by atoms with E-state index < -0.39 is 0 Å². The quantitative estimate of drug-likeness (QED) is 0.434. The van der Waals surface area contributed by atoms with Gasteiger partial charge in [-0.05, 0) is 24.3 Å². The van der Waals surface area contributed by atoms with Gasteiger partial charge < -0.3 is 0 Å². The van der Waals surface area contributed by atoms with Crippen LogP contribution in [0.5, 0.6) is 0 Å². The van der Waals surface area contributed by atoms with Gasteiger partial charge in [-0.3, -0.25) is 4.79 Å². The van der Waals surface area contributed by atoms with Crippen molar-refractivity contribution in [2.75, 3.05) is 0 Å². The van der Waals surface area contributed by atoms with Crippen LogP contribution in [-0.2, 0) is 4.79 Å². The maximum absolute atomic E-state index is 10.1. The van der Waals surface area contributed by atoms with Gasteiger partial charge in [0, 0.05) is 0 Å². The van der Waals surface area contributed by atoms with Gasteiger partial charge in [0.2, 0.25) is 0 Å². The Bertz CT molecular complexity index is 149. The van der Waals surface area contributed by atoms with Crippen molar-refractivity contribution in [3.63, 3.8) is 0 Å². The predicted molar refractivity (Wildman–Crippen MR) is 57.7 cm³/mol. The molecule has 0 aliphatic rings. The van der Waals surface area contributed by atoms with Crippen molar-refractivity contribution in [2.45, 2.75) is 46.5 Å². The fourth-order valence-electron chi connectivity index (χ4n) is 1.32. The van der Waals surface area contributed by atoms with Gasteiger partial charge in [-0.25, -0.2) is 0 Å². The predicted octanol–water partition coefficient (Wildman–Crippen LogP) is 3.59. The van der Waals surface area contributed by atoms with Crippen molar-refractivity contribution >= 4 is 6.29 Å². The Balaban J connectivity index is 3.41.